The van der Waals surface area contributed by atoms with Gasteiger partial charge in [-0.15, -0.1) is 0 Å². The molecule has 1 saturated heterocycles. The minimum atomic E-state index is -0.678. The highest BCUT2D eigenvalue weighted by Gasteiger charge is 2.31. The number of carbonyl (C=O) groups is 2. The number of carbonyl (C=O) groups excluding carboxylic acids is 2. The molecule has 0 saturated carbocycles. The van der Waals surface area contributed by atoms with Crippen LogP contribution in [0.1, 0.15) is 12.0 Å². The second-order valence-electron chi connectivity index (χ2n) is 3.75. The van der Waals surface area contributed by atoms with Crippen molar-refractivity contribution in [3.63, 3.8) is 0 Å². The molecule has 1 heterocycles. The Hall–Kier alpha value is -1.91. The van der Waals surface area contributed by atoms with Crippen LogP contribution in [0.2, 0.25) is 0 Å². The van der Waals surface area contributed by atoms with Crippen molar-refractivity contribution in [3.8, 4) is 0 Å². The average molecular weight is 222 g/mol. The first kappa shape index (κ1) is 10.6. The van der Waals surface area contributed by atoms with Crippen LogP contribution in [-0.4, -0.2) is 17.9 Å². The minimum Gasteiger partial charge on any atom is -0.371 e. The summed E-state index contributed by atoms with van der Waals surface area (Å²) in [6.07, 6.45) is 0.0482. The number of halogens is 1. The molecule has 2 amide bonds. The standard InChI is InChI=1S/C11H11FN2O2/c1-6-3-2-4-7(12)10(6)13-8-5-9(15)14-11(8)16/h2-4,8,13H,5H2,1H3,(H,14,15,16). The van der Waals surface area contributed by atoms with Crippen LogP contribution in [0.5, 0.6) is 0 Å². The van der Waals surface area contributed by atoms with Gasteiger partial charge >= 0.3 is 0 Å². The summed E-state index contributed by atoms with van der Waals surface area (Å²) in [7, 11) is 0. The molecule has 1 aliphatic rings. The molecule has 0 radical (unpaired) electrons. The second-order valence-corrected chi connectivity index (χ2v) is 3.75. The van der Waals surface area contributed by atoms with Gasteiger partial charge in [-0.3, -0.25) is 14.9 Å². The molecule has 0 spiro atoms. The van der Waals surface area contributed by atoms with Crippen LogP contribution < -0.4 is 10.6 Å². The quantitative estimate of drug-likeness (QED) is 0.733. The Morgan fingerprint density at radius 2 is 2.19 bits per heavy atom. The van der Waals surface area contributed by atoms with Crippen LogP contribution in [-0.2, 0) is 9.59 Å². The summed E-state index contributed by atoms with van der Waals surface area (Å²) < 4.78 is 13.4. The highest BCUT2D eigenvalue weighted by Crippen LogP contribution is 2.21. The molecule has 0 aliphatic carbocycles. The Bertz CT molecular complexity index is 439. The van der Waals surface area contributed by atoms with E-state index >= 15 is 0 Å². The molecular weight excluding hydrogens is 211 g/mol. The van der Waals surface area contributed by atoms with Crippen LogP contribution >= 0.6 is 0 Å². The van der Waals surface area contributed by atoms with Gasteiger partial charge in [-0.1, -0.05) is 12.1 Å². The van der Waals surface area contributed by atoms with E-state index in [1.807, 2.05) is 0 Å². The summed E-state index contributed by atoms with van der Waals surface area (Å²) in [4.78, 5) is 22.3. The van der Waals surface area contributed by atoms with Crippen molar-refractivity contribution in [2.75, 3.05) is 5.32 Å². The average Bonchev–Trinajstić information content (AvgIpc) is 2.51. The molecule has 2 N–H and O–H groups in total. The molecule has 1 aliphatic heterocycles. The molecule has 1 unspecified atom stereocenters. The Labute approximate surface area is 91.8 Å². The summed E-state index contributed by atoms with van der Waals surface area (Å²) in [6, 6.07) is 3.96. The van der Waals surface area contributed by atoms with Gasteiger partial charge in [0.15, 0.2) is 0 Å². The fraction of sp³-hybridized carbons (Fsp3) is 0.273. The Balaban J connectivity index is 2.21. The van der Waals surface area contributed by atoms with E-state index in [9.17, 15) is 14.0 Å². The number of anilines is 1. The number of aryl methyl sites for hydroxylation is 1. The van der Waals surface area contributed by atoms with Crippen LogP contribution in [0, 0.1) is 12.7 Å². The van der Waals surface area contributed by atoms with E-state index in [4.69, 9.17) is 0 Å². The largest absolute Gasteiger partial charge is 0.371 e. The first-order valence-corrected chi connectivity index (χ1v) is 4.93. The maximum Gasteiger partial charge on any atom is 0.249 e. The van der Waals surface area contributed by atoms with Gasteiger partial charge in [0.2, 0.25) is 11.8 Å². The smallest absolute Gasteiger partial charge is 0.249 e. The normalized spacial score (nSPS) is 19.8. The molecule has 0 bridgehead atoms. The van der Waals surface area contributed by atoms with Gasteiger partial charge in [0, 0.05) is 0 Å². The van der Waals surface area contributed by atoms with Gasteiger partial charge in [0.25, 0.3) is 0 Å². The van der Waals surface area contributed by atoms with E-state index in [1.54, 1.807) is 19.1 Å². The Morgan fingerprint density at radius 3 is 2.75 bits per heavy atom. The summed E-state index contributed by atoms with van der Waals surface area (Å²) >= 11 is 0. The van der Waals surface area contributed by atoms with Crippen LogP contribution in [0.25, 0.3) is 0 Å². The second kappa shape index (κ2) is 3.92. The van der Waals surface area contributed by atoms with Crippen LogP contribution in [0.4, 0.5) is 10.1 Å². The third-order valence-electron chi connectivity index (χ3n) is 2.51. The topological polar surface area (TPSA) is 58.2 Å². The highest BCUT2D eigenvalue weighted by molar-refractivity contribution is 6.06. The zero-order chi connectivity index (χ0) is 11.7. The maximum atomic E-state index is 13.4. The fourth-order valence-electron chi connectivity index (χ4n) is 1.66. The fourth-order valence-corrected chi connectivity index (χ4v) is 1.66. The molecule has 1 fully saturated rings. The molecule has 1 aromatic carbocycles. The van der Waals surface area contributed by atoms with E-state index in [-0.39, 0.29) is 18.0 Å². The van der Waals surface area contributed by atoms with E-state index in [1.165, 1.54) is 6.07 Å². The lowest BCUT2D eigenvalue weighted by Gasteiger charge is -2.13. The third-order valence-corrected chi connectivity index (χ3v) is 2.51. The monoisotopic (exact) mass is 222 g/mol. The van der Waals surface area contributed by atoms with E-state index in [2.05, 4.69) is 10.6 Å². The predicted octanol–water partition coefficient (Wildman–Crippen LogP) is 0.961. The molecule has 1 aromatic rings. The van der Waals surface area contributed by atoms with Gasteiger partial charge in [-0.2, -0.15) is 0 Å². The Morgan fingerprint density at radius 1 is 1.44 bits per heavy atom. The molecule has 0 aromatic heterocycles. The van der Waals surface area contributed by atoms with Crippen LogP contribution in [0.15, 0.2) is 18.2 Å². The van der Waals surface area contributed by atoms with E-state index in [0.717, 1.165) is 0 Å². The first-order valence-electron chi connectivity index (χ1n) is 4.93. The van der Waals surface area contributed by atoms with E-state index in [0.29, 0.717) is 5.56 Å². The van der Waals surface area contributed by atoms with Crippen molar-refractivity contribution in [2.24, 2.45) is 0 Å². The predicted molar refractivity (Wildman–Crippen MR) is 56.3 cm³/mol. The number of hydrogen-bond donors (Lipinski definition) is 2. The SMILES string of the molecule is Cc1cccc(F)c1NC1CC(=O)NC1=O. The molecule has 4 nitrogen and oxygen atoms in total. The van der Waals surface area contributed by atoms with Gasteiger partial charge in [-0.05, 0) is 18.6 Å². The van der Waals surface area contributed by atoms with Crippen molar-refractivity contribution < 1.29 is 14.0 Å². The molecule has 2 rings (SSSR count). The number of para-hydroxylation sites is 1. The van der Waals surface area contributed by atoms with Crippen molar-refractivity contribution in [3.05, 3.63) is 29.6 Å². The van der Waals surface area contributed by atoms with Crippen LogP contribution in [0.3, 0.4) is 0 Å². The van der Waals surface area contributed by atoms with Gasteiger partial charge < -0.3 is 5.32 Å². The lowest BCUT2D eigenvalue weighted by molar-refractivity contribution is -0.124. The van der Waals surface area contributed by atoms with Crippen molar-refractivity contribution in [1.82, 2.24) is 5.32 Å². The Kier molecular flexibility index (Phi) is 2.60. The highest BCUT2D eigenvalue weighted by atomic mass is 19.1. The lowest BCUT2D eigenvalue weighted by atomic mass is 10.1. The summed E-state index contributed by atoms with van der Waals surface area (Å²) in [5.41, 5.74) is 0.976. The number of imide groups is 1. The van der Waals surface area contributed by atoms with Crippen molar-refractivity contribution in [1.29, 1.82) is 0 Å². The number of benzene rings is 1. The van der Waals surface area contributed by atoms with Crippen molar-refractivity contribution >= 4 is 17.5 Å². The van der Waals surface area contributed by atoms with E-state index < -0.39 is 17.8 Å². The van der Waals surface area contributed by atoms with Gasteiger partial charge in [0.1, 0.15) is 11.9 Å². The number of nitrogens with one attached hydrogen (secondary N) is 2. The molecule has 16 heavy (non-hydrogen) atoms. The molecular formula is C11H11FN2O2. The number of amides is 2. The minimum absolute atomic E-state index is 0.0482. The zero-order valence-electron chi connectivity index (χ0n) is 8.71. The summed E-state index contributed by atoms with van der Waals surface area (Å²) in [5, 5.41) is 4.91. The lowest BCUT2D eigenvalue weighted by Crippen LogP contribution is -2.30. The molecule has 5 heteroatoms. The zero-order valence-corrected chi connectivity index (χ0v) is 8.71. The molecule has 84 valence electrons. The van der Waals surface area contributed by atoms with Gasteiger partial charge in [-0.25, -0.2) is 4.39 Å². The first-order chi connectivity index (χ1) is 7.58. The maximum absolute atomic E-state index is 13.4. The number of hydrogen-bond acceptors (Lipinski definition) is 3. The number of rotatable bonds is 2. The van der Waals surface area contributed by atoms with Crippen molar-refractivity contribution in [2.45, 2.75) is 19.4 Å². The van der Waals surface area contributed by atoms with Gasteiger partial charge in [0.05, 0.1) is 12.1 Å². The molecule has 1 atom stereocenters. The summed E-state index contributed by atoms with van der Waals surface area (Å²) in [5.74, 6) is -1.17. The third kappa shape index (κ3) is 1.88. The summed E-state index contributed by atoms with van der Waals surface area (Å²) in [6.45, 7) is 1.74.